The monoisotopic (exact) mass is 424 g/mol. The van der Waals surface area contributed by atoms with Crippen LogP contribution in [0.3, 0.4) is 0 Å². The lowest BCUT2D eigenvalue weighted by Gasteiger charge is -2.27. The molecule has 0 fully saturated rings. The molecule has 0 amide bonds. The van der Waals surface area contributed by atoms with Gasteiger partial charge in [0.05, 0.1) is 10.0 Å². The molecule has 0 aliphatic carbocycles. The molecular weight excluding hydrogens is 417 g/mol. The fourth-order valence-electron chi connectivity index (χ4n) is 1.99. The van der Waals surface area contributed by atoms with Crippen LogP contribution in [0, 0.1) is 11.6 Å². The highest BCUT2D eigenvalue weighted by Gasteiger charge is 2.34. The lowest BCUT2D eigenvalue weighted by atomic mass is 9.87. The molecule has 0 aliphatic rings. The minimum absolute atomic E-state index is 0.0717. The summed E-state index contributed by atoms with van der Waals surface area (Å²) in [5.74, 6) is -1.69. The van der Waals surface area contributed by atoms with E-state index < -0.39 is 22.8 Å². The van der Waals surface area contributed by atoms with E-state index >= 15 is 0 Å². The fraction of sp³-hybridized carbons (Fsp3) is 0.143. The lowest BCUT2D eigenvalue weighted by Crippen LogP contribution is -2.26. The molecule has 0 spiro atoms. The average Bonchev–Trinajstić information content (AvgIpc) is 2.33. The van der Waals surface area contributed by atoms with Crippen LogP contribution in [-0.4, -0.2) is 5.11 Å². The quantitative estimate of drug-likeness (QED) is 0.638. The molecule has 1 unspecified atom stereocenters. The molecule has 6 heteroatoms. The largest absolute Gasteiger partial charge is 0.380 e. The van der Waals surface area contributed by atoms with Crippen LogP contribution in [0.15, 0.2) is 39.3 Å². The molecule has 0 radical (unpaired) electrons. The summed E-state index contributed by atoms with van der Waals surface area (Å²) in [5.41, 5.74) is -2.12. The van der Waals surface area contributed by atoms with Crippen molar-refractivity contribution < 1.29 is 13.9 Å². The number of halogens is 5. The molecule has 2 aromatic rings. The number of benzene rings is 2. The van der Waals surface area contributed by atoms with Gasteiger partial charge in [0, 0.05) is 15.1 Å². The normalized spacial score (nSPS) is 14.2. The van der Waals surface area contributed by atoms with Crippen molar-refractivity contribution >= 4 is 43.5 Å². The number of hydrogen-bond donors (Lipinski definition) is 1. The Morgan fingerprint density at radius 1 is 1.15 bits per heavy atom. The van der Waals surface area contributed by atoms with Gasteiger partial charge in [-0.15, -0.1) is 0 Å². The maximum Gasteiger partial charge on any atom is 0.146 e. The molecule has 0 bridgehead atoms. The Morgan fingerprint density at radius 2 is 1.80 bits per heavy atom. The van der Waals surface area contributed by atoms with Gasteiger partial charge in [-0.1, -0.05) is 33.6 Å². The van der Waals surface area contributed by atoms with Crippen LogP contribution in [0.25, 0.3) is 0 Å². The molecule has 0 saturated carbocycles. The summed E-state index contributed by atoms with van der Waals surface area (Å²) in [6.07, 6.45) is 0. The second-order valence-corrected chi connectivity index (χ2v) is 6.59. The van der Waals surface area contributed by atoms with Crippen molar-refractivity contribution in [3.63, 3.8) is 0 Å². The summed E-state index contributed by atoms with van der Waals surface area (Å²) >= 11 is 12.3. The van der Waals surface area contributed by atoms with Gasteiger partial charge < -0.3 is 5.11 Å². The minimum Gasteiger partial charge on any atom is -0.380 e. The summed E-state index contributed by atoms with van der Waals surface area (Å²) in [5, 5.41) is 10.8. The predicted octanol–water partition coefficient (Wildman–Crippen LogP) is 5.40. The number of rotatable bonds is 2. The highest BCUT2D eigenvalue weighted by molar-refractivity contribution is 9.10. The Bertz CT molecular complexity index is 674. The van der Waals surface area contributed by atoms with Crippen molar-refractivity contribution in [3.8, 4) is 0 Å². The number of hydrogen-bond acceptors (Lipinski definition) is 1. The summed E-state index contributed by atoms with van der Waals surface area (Å²) in [6, 6.07) is 7.05. The van der Waals surface area contributed by atoms with Crippen LogP contribution in [0.2, 0.25) is 5.02 Å². The van der Waals surface area contributed by atoms with Crippen molar-refractivity contribution in [2.45, 2.75) is 12.5 Å². The van der Waals surface area contributed by atoms with E-state index in [1.54, 1.807) is 12.1 Å². The molecule has 0 heterocycles. The van der Waals surface area contributed by atoms with E-state index in [4.69, 9.17) is 11.6 Å². The Morgan fingerprint density at radius 3 is 2.40 bits per heavy atom. The van der Waals surface area contributed by atoms with Crippen LogP contribution in [0.5, 0.6) is 0 Å². The zero-order valence-electron chi connectivity index (χ0n) is 10.2. The van der Waals surface area contributed by atoms with Crippen LogP contribution >= 0.6 is 43.5 Å². The maximum atomic E-state index is 14.2. The molecule has 2 rings (SSSR count). The Hall–Kier alpha value is -0.490. The first kappa shape index (κ1) is 15.9. The molecule has 0 saturated heterocycles. The maximum absolute atomic E-state index is 14.2. The van der Waals surface area contributed by atoms with Crippen LogP contribution in [-0.2, 0) is 5.60 Å². The van der Waals surface area contributed by atoms with Crippen molar-refractivity contribution in [2.75, 3.05) is 0 Å². The first-order valence-corrected chi connectivity index (χ1v) is 7.53. The summed E-state index contributed by atoms with van der Waals surface area (Å²) in [4.78, 5) is 0. The SMILES string of the molecule is CC(O)(c1ccc(Br)cc1Cl)c1c(F)ccc(Br)c1F. The van der Waals surface area contributed by atoms with Crippen LogP contribution in [0.4, 0.5) is 8.78 Å². The lowest BCUT2D eigenvalue weighted by molar-refractivity contribution is 0.0933. The fourth-order valence-corrected chi connectivity index (χ4v) is 3.18. The molecule has 1 nitrogen and oxygen atoms in total. The van der Waals surface area contributed by atoms with Gasteiger partial charge >= 0.3 is 0 Å². The Labute approximate surface area is 136 Å². The molecule has 0 aliphatic heterocycles. The molecule has 0 aromatic heterocycles. The van der Waals surface area contributed by atoms with Gasteiger partial charge in [0.1, 0.15) is 17.2 Å². The van der Waals surface area contributed by atoms with E-state index in [9.17, 15) is 13.9 Å². The van der Waals surface area contributed by atoms with Gasteiger partial charge in [0.25, 0.3) is 0 Å². The molecule has 1 atom stereocenters. The average molecular weight is 426 g/mol. The topological polar surface area (TPSA) is 20.2 Å². The molecule has 1 N–H and O–H groups in total. The second kappa shape index (κ2) is 5.72. The van der Waals surface area contributed by atoms with E-state index in [1.165, 1.54) is 19.1 Å². The van der Waals surface area contributed by atoms with Gasteiger partial charge in [0.15, 0.2) is 0 Å². The van der Waals surface area contributed by atoms with Gasteiger partial charge in [-0.3, -0.25) is 0 Å². The molecule has 106 valence electrons. The van der Waals surface area contributed by atoms with Crippen molar-refractivity contribution in [1.29, 1.82) is 0 Å². The molecule has 20 heavy (non-hydrogen) atoms. The summed E-state index contributed by atoms with van der Waals surface area (Å²) < 4.78 is 28.9. The second-order valence-electron chi connectivity index (χ2n) is 4.41. The van der Waals surface area contributed by atoms with Gasteiger partial charge in [-0.05, 0) is 47.1 Å². The van der Waals surface area contributed by atoms with Crippen molar-refractivity contribution in [3.05, 3.63) is 67.1 Å². The van der Waals surface area contributed by atoms with E-state index in [0.29, 0.717) is 4.47 Å². The third-order valence-corrected chi connectivity index (χ3v) is 4.40. The first-order chi connectivity index (χ1) is 9.25. The van der Waals surface area contributed by atoms with Crippen molar-refractivity contribution in [1.82, 2.24) is 0 Å². The number of aliphatic hydroxyl groups is 1. The van der Waals surface area contributed by atoms with Crippen LogP contribution < -0.4 is 0 Å². The van der Waals surface area contributed by atoms with Gasteiger partial charge in [-0.2, -0.15) is 0 Å². The summed E-state index contributed by atoms with van der Waals surface area (Å²) in [6.45, 7) is 1.30. The van der Waals surface area contributed by atoms with Crippen LogP contribution in [0.1, 0.15) is 18.1 Å². The van der Waals surface area contributed by atoms with Gasteiger partial charge in [0.2, 0.25) is 0 Å². The van der Waals surface area contributed by atoms with Gasteiger partial charge in [-0.25, -0.2) is 8.78 Å². The highest BCUT2D eigenvalue weighted by atomic mass is 79.9. The zero-order chi connectivity index (χ0) is 15.1. The third-order valence-electron chi connectivity index (χ3n) is 2.99. The smallest absolute Gasteiger partial charge is 0.146 e. The Balaban J connectivity index is 2.69. The van der Waals surface area contributed by atoms with Crippen molar-refractivity contribution in [2.24, 2.45) is 0 Å². The van der Waals surface area contributed by atoms with E-state index in [-0.39, 0.29) is 15.1 Å². The Kier molecular flexibility index (Phi) is 4.54. The van der Waals surface area contributed by atoms with E-state index in [1.807, 2.05) is 0 Å². The minimum atomic E-state index is -1.89. The summed E-state index contributed by atoms with van der Waals surface area (Å²) in [7, 11) is 0. The predicted molar refractivity (Wildman–Crippen MR) is 81.9 cm³/mol. The standard InChI is InChI=1S/C14H9Br2ClF2O/c1-14(20,8-3-2-7(15)6-10(8)17)12-11(18)5-4-9(16)13(12)19/h2-6,20H,1H3. The third kappa shape index (κ3) is 2.77. The first-order valence-electron chi connectivity index (χ1n) is 5.57. The molecular formula is C14H9Br2ClF2O. The zero-order valence-corrected chi connectivity index (χ0v) is 14.2. The van der Waals surface area contributed by atoms with E-state index in [0.717, 1.165) is 6.07 Å². The van der Waals surface area contributed by atoms with E-state index in [2.05, 4.69) is 31.9 Å². The molecule has 2 aromatic carbocycles. The highest BCUT2D eigenvalue weighted by Crippen LogP contribution is 2.39.